The topological polar surface area (TPSA) is 59.2 Å². The van der Waals surface area contributed by atoms with Crippen LogP contribution in [0.1, 0.15) is 11.1 Å². The monoisotopic (exact) mass is 323 g/mol. The van der Waals surface area contributed by atoms with E-state index in [1.54, 1.807) is 36.4 Å². The number of benzene rings is 2. The van der Waals surface area contributed by atoms with Crippen LogP contribution in [0.4, 0.5) is 0 Å². The van der Waals surface area contributed by atoms with Gasteiger partial charge in [-0.3, -0.25) is 4.79 Å². The van der Waals surface area contributed by atoms with Crippen molar-refractivity contribution in [3.8, 4) is 5.75 Å². The number of carbonyl (C=O) groups excluding carboxylic acids is 1. The molecule has 3 aromatic rings. The van der Waals surface area contributed by atoms with Gasteiger partial charge < -0.3 is 9.72 Å². The van der Waals surface area contributed by atoms with Crippen molar-refractivity contribution in [1.82, 2.24) is 4.98 Å². The summed E-state index contributed by atoms with van der Waals surface area (Å²) >= 11 is 5.86. The summed E-state index contributed by atoms with van der Waals surface area (Å²) in [6, 6.07) is 14.2. The Kier molecular flexibility index (Phi) is 3.06. The molecule has 1 aliphatic rings. The van der Waals surface area contributed by atoms with Gasteiger partial charge in [-0.1, -0.05) is 35.9 Å². The number of aromatic amines is 1. The van der Waals surface area contributed by atoms with Gasteiger partial charge in [0.2, 0.25) is 0 Å². The molecule has 0 aliphatic carbocycles. The minimum absolute atomic E-state index is 0.245. The van der Waals surface area contributed by atoms with Crippen LogP contribution < -0.4 is 10.3 Å². The van der Waals surface area contributed by atoms with Crippen molar-refractivity contribution in [2.45, 2.75) is 0 Å². The summed E-state index contributed by atoms with van der Waals surface area (Å²) in [5.41, 5.74) is 1.57. The van der Waals surface area contributed by atoms with Crippen LogP contribution in [-0.4, -0.2) is 11.0 Å². The third kappa shape index (κ3) is 2.24. The number of esters is 1. The summed E-state index contributed by atoms with van der Waals surface area (Å²) in [6.45, 7) is 0. The first-order valence-electron chi connectivity index (χ1n) is 6.98. The normalized spacial score (nSPS) is 15.0. The van der Waals surface area contributed by atoms with Crippen molar-refractivity contribution in [3.63, 3.8) is 0 Å². The van der Waals surface area contributed by atoms with Crippen LogP contribution in [0.3, 0.4) is 0 Å². The lowest BCUT2D eigenvalue weighted by Gasteiger charge is -2.02. The number of aromatic nitrogens is 1. The van der Waals surface area contributed by atoms with E-state index in [1.807, 2.05) is 18.2 Å². The molecule has 4 nitrogen and oxygen atoms in total. The zero-order valence-corrected chi connectivity index (χ0v) is 12.6. The Hall–Kier alpha value is -2.85. The van der Waals surface area contributed by atoms with E-state index >= 15 is 0 Å². The molecule has 0 saturated heterocycles. The zero-order chi connectivity index (χ0) is 16.0. The molecule has 2 heterocycles. The molecule has 1 aliphatic heterocycles. The largest absolute Gasteiger partial charge is 0.421 e. The number of nitrogens with one attached hydrogen (secondary N) is 1. The van der Waals surface area contributed by atoms with E-state index in [0.29, 0.717) is 21.7 Å². The number of ether oxygens (including phenoxy) is 1. The highest BCUT2D eigenvalue weighted by molar-refractivity contribution is 6.30. The first kappa shape index (κ1) is 13.8. The minimum atomic E-state index is -0.531. The number of pyridine rings is 1. The van der Waals surface area contributed by atoms with E-state index < -0.39 is 5.97 Å². The molecule has 0 amide bonds. The predicted octanol–water partition coefficient (Wildman–Crippen LogP) is 3.64. The molecule has 1 aromatic heterocycles. The standard InChI is InChI=1S/C18H10ClNO3/c19-11-7-5-10(6-8-11)9-13-15-16(23-18(13)22)12-3-1-2-4-14(12)20-17(15)21/h1-9H,(H,20,21)/b13-9-. The van der Waals surface area contributed by atoms with Crippen LogP contribution in [0.15, 0.2) is 53.3 Å². The Morgan fingerprint density at radius 3 is 2.52 bits per heavy atom. The molecular weight excluding hydrogens is 314 g/mol. The molecule has 0 bridgehead atoms. The average Bonchev–Trinajstić information content (AvgIpc) is 2.87. The summed E-state index contributed by atoms with van der Waals surface area (Å²) in [5.74, 6) is -0.216. The lowest BCUT2D eigenvalue weighted by atomic mass is 10.0. The molecule has 0 fully saturated rings. The molecule has 0 atom stereocenters. The quantitative estimate of drug-likeness (QED) is 0.549. The van der Waals surface area contributed by atoms with Crippen molar-refractivity contribution in [2.24, 2.45) is 0 Å². The smallest absolute Gasteiger partial charge is 0.344 e. The lowest BCUT2D eigenvalue weighted by molar-refractivity contribution is -0.126. The van der Waals surface area contributed by atoms with Crippen molar-refractivity contribution in [1.29, 1.82) is 0 Å². The van der Waals surface area contributed by atoms with E-state index in [9.17, 15) is 9.59 Å². The van der Waals surface area contributed by atoms with E-state index in [1.165, 1.54) is 0 Å². The van der Waals surface area contributed by atoms with Crippen molar-refractivity contribution in [2.75, 3.05) is 0 Å². The summed E-state index contributed by atoms with van der Waals surface area (Å²) in [4.78, 5) is 27.4. The first-order chi connectivity index (χ1) is 11.1. The molecule has 1 N–H and O–H groups in total. The molecule has 112 valence electrons. The molecule has 0 unspecified atom stereocenters. The van der Waals surface area contributed by atoms with Gasteiger partial charge in [0.25, 0.3) is 5.56 Å². The van der Waals surface area contributed by atoms with E-state index in [2.05, 4.69) is 4.98 Å². The molecule has 4 rings (SSSR count). The van der Waals surface area contributed by atoms with Gasteiger partial charge in [0.05, 0.1) is 16.7 Å². The third-order valence-corrected chi connectivity index (χ3v) is 3.99. The molecular formula is C18H10ClNO3. The molecule has 2 aromatic carbocycles. The summed E-state index contributed by atoms with van der Waals surface area (Å²) in [6.07, 6.45) is 1.63. The van der Waals surface area contributed by atoms with Crippen LogP contribution in [0.25, 0.3) is 22.6 Å². The number of para-hydroxylation sites is 1. The Morgan fingerprint density at radius 2 is 1.74 bits per heavy atom. The van der Waals surface area contributed by atoms with Gasteiger partial charge in [0, 0.05) is 10.4 Å². The van der Waals surface area contributed by atoms with Gasteiger partial charge in [0.15, 0.2) is 5.75 Å². The van der Waals surface area contributed by atoms with E-state index in [4.69, 9.17) is 16.3 Å². The van der Waals surface area contributed by atoms with Crippen molar-refractivity contribution in [3.05, 3.63) is 75.0 Å². The second-order valence-corrected chi connectivity index (χ2v) is 5.64. The second-order valence-electron chi connectivity index (χ2n) is 5.20. The molecule has 0 radical (unpaired) electrons. The van der Waals surface area contributed by atoms with E-state index in [0.717, 1.165) is 5.56 Å². The maximum absolute atomic E-state index is 12.4. The van der Waals surface area contributed by atoms with Gasteiger partial charge in [-0.25, -0.2) is 4.79 Å². The average molecular weight is 324 g/mol. The highest BCUT2D eigenvalue weighted by Crippen LogP contribution is 2.37. The first-order valence-corrected chi connectivity index (χ1v) is 7.36. The Labute approximate surface area is 136 Å². The number of carbonyl (C=O) groups is 1. The van der Waals surface area contributed by atoms with Crippen LogP contribution >= 0.6 is 11.6 Å². The van der Waals surface area contributed by atoms with Crippen LogP contribution in [0.5, 0.6) is 5.75 Å². The minimum Gasteiger partial charge on any atom is -0.421 e. The SMILES string of the molecule is O=C1Oc2c(c(=O)[nH]c3ccccc23)/C1=C/c1ccc(Cl)cc1. The number of fused-ring (bicyclic) bond motifs is 3. The van der Waals surface area contributed by atoms with Crippen molar-refractivity contribution < 1.29 is 9.53 Å². The summed E-state index contributed by atoms with van der Waals surface area (Å²) in [5, 5.41) is 1.31. The fraction of sp³-hybridized carbons (Fsp3) is 0. The third-order valence-electron chi connectivity index (χ3n) is 3.74. The molecule has 0 spiro atoms. The maximum Gasteiger partial charge on any atom is 0.344 e. The Balaban J connectivity index is 1.96. The highest BCUT2D eigenvalue weighted by Gasteiger charge is 2.31. The van der Waals surface area contributed by atoms with Crippen molar-refractivity contribution >= 4 is 40.1 Å². The van der Waals surface area contributed by atoms with E-state index in [-0.39, 0.29) is 16.7 Å². The number of hydrogen-bond donors (Lipinski definition) is 1. The lowest BCUT2D eigenvalue weighted by Crippen LogP contribution is -2.10. The number of rotatable bonds is 1. The Morgan fingerprint density at radius 1 is 1.00 bits per heavy atom. The fourth-order valence-corrected chi connectivity index (χ4v) is 2.80. The van der Waals surface area contributed by atoms with Gasteiger partial charge in [-0.2, -0.15) is 0 Å². The number of halogens is 1. The second kappa shape index (κ2) is 5.11. The highest BCUT2D eigenvalue weighted by atomic mass is 35.5. The number of hydrogen-bond acceptors (Lipinski definition) is 3. The van der Waals surface area contributed by atoms with Crippen LogP contribution in [0, 0.1) is 0 Å². The van der Waals surface area contributed by atoms with Gasteiger partial charge in [-0.15, -0.1) is 0 Å². The zero-order valence-electron chi connectivity index (χ0n) is 11.8. The summed E-state index contributed by atoms with van der Waals surface area (Å²) in [7, 11) is 0. The van der Waals surface area contributed by atoms with Crippen LogP contribution in [-0.2, 0) is 4.79 Å². The van der Waals surface area contributed by atoms with Gasteiger partial charge in [-0.05, 0) is 35.9 Å². The van der Waals surface area contributed by atoms with Gasteiger partial charge >= 0.3 is 5.97 Å². The fourth-order valence-electron chi connectivity index (χ4n) is 2.67. The molecule has 5 heteroatoms. The van der Waals surface area contributed by atoms with Crippen LogP contribution in [0.2, 0.25) is 5.02 Å². The molecule has 0 saturated carbocycles. The predicted molar refractivity (Wildman–Crippen MR) is 89.5 cm³/mol. The van der Waals surface area contributed by atoms with Gasteiger partial charge in [0.1, 0.15) is 0 Å². The Bertz CT molecular complexity index is 1030. The summed E-state index contributed by atoms with van der Waals surface area (Å²) < 4.78 is 5.36. The molecule has 23 heavy (non-hydrogen) atoms. The number of H-pyrrole nitrogens is 1. The maximum atomic E-state index is 12.4.